The van der Waals surface area contributed by atoms with Gasteiger partial charge in [0.2, 0.25) is 5.91 Å². The Morgan fingerprint density at radius 1 is 0.931 bits per heavy atom. The number of alkyl halides is 3. The molecule has 2 amide bonds. The first-order valence-electron chi connectivity index (χ1n) is 8.94. The summed E-state index contributed by atoms with van der Waals surface area (Å²) in [6.45, 7) is 0.326. The Balaban J connectivity index is 1.69. The summed E-state index contributed by atoms with van der Waals surface area (Å²) in [5.41, 5.74) is 1.96. The third-order valence-electron chi connectivity index (χ3n) is 4.40. The van der Waals surface area contributed by atoms with Crippen LogP contribution in [0.15, 0.2) is 60.7 Å². The van der Waals surface area contributed by atoms with Gasteiger partial charge in [-0.15, -0.1) is 0 Å². The number of hydrogen-bond donors (Lipinski definition) is 2. The Hall–Kier alpha value is -3.35. The smallest absolute Gasteiger partial charge is 0.343 e. The Bertz CT molecular complexity index is 1060. The Labute approximate surface area is 165 Å². The Morgan fingerprint density at radius 2 is 1.66 bits per heavy atom. The lowest BCUT2D eigenvalue weighted by Gasteiger charge is -2.12. The summed E-state index contributed by atoms with van der Waals surface area (Å²) in [6, 6.07) is 17.9. The van der Waals surface area contributed by atoms with Gasteiger partial charge >= 0.3 is 6.18 Å². The molecule has 0 spiro atoms. The maximum absolute atomic E-state index is 12.4. The fourth-order valence-electron chi connectivity index (χ4n) is 2.91. The number of carbonyl (C=O) groups excluding carboxylic acids is 2. The molecule has 0 radical (unpaired) electrons. The summed E-state index contributed by atoms with van der Waals surface area (Å²) >= 11 is 0. The van der Waals surface area contributed by atoms with Crippen LogP contribution in [0.4, 0.5) is 18.9 Å². The minimum absolute atomic E-state index is 0.0425. The largest absolute Gasteiger partial charge is 0.405 e. The van der Waals surface area contributed by atoms with E-state index in [0.717, 1.165) is 16.3 Å². The molecule has 0 saturated carbocycles. The second-order valence-corrected chi connectivity index (χ2v) is 6.73. The van der Waals surface area contributed by atoms with Gasteiger partial charge in [-0.05, 0) is 41.0 Å². The molecule has 0 atom stereocenters. The molecule has 0 heterocycles. The van der Waals surface area contributed by atoms with Crippen molar-refractivity contribution in [3.8, 4) is 0 Å². The molecular formula is C22H19F3N2O2. The number of carbonyl (C=O) groups is 2. The molecule has 3 rings (SSSR count). The van der Waals surface area contributed by atoms with Gasteiger partial charge in [-0.1, -0.05) is 48.5 Å². The maximum Gasteiger partial charge on any atom is 0.405 e. The number of nitrogens with one attached hydrogen (secondary N) is 2. The number of aryl methyl sites for hydroxylation is 1. The SMILES string of the molecule is Cc1ccc(C(=O)NCC(F)(F)F)cc1NC(=O)Cc1ccc2ccccc2c1. The van der Waals surface area contributed by atoms with Gasteiger partial charge in [0, 0.05) is 11.3 Å². The molecule has 0 saturated heterocycles. The van der Waals surface area contributed by atoms with Crippen LogP contribution in [0.5, 0.6) is 0 Å². The summed E-state index contributed by atoms with van der Waals surface area (Å²) < 4.78 is 36.8. The lowest BCUT2D eigenvalue weighted by molar-refractivity contribution is -0.123. The number of anilines is 1. The molecule has 2 N–H and O–H groups in total. The van der Waals surface area contributed by atoms with Crippen molar-refractivity contribution < 1.29 is 22.8 Å². The number of fused-ring (bicyclic) bond motifs is 1. The Morgan fingerprint density at radius 3 is 2.38 bits per heavy atom. The summed E-state index contributed by atoms with van der Waals surface area (Å²) in [5, 5.41) is 6.65. The Kier molecular flexibility index (Phi) is 5.87. The summed E-state index contributed by atoms with van der Waals surface area (Å²) in [7, 11) is 0. The predicted octanol–water partition coefficient (Wildman–Crippen LogP) is 4.62. The molecule has 0 aliphatic heterocycles. The van der Waals surface area contributed by atoms with Crippen LogP contribution in [0.25, 0.3) is 10.8 Å². The second kappa shape index (κ2) is 8.34. The van der Waals surface area contributed by atoms with Gasteiger partial charge in [-0.25, -0.2) is 0 Å². The molecule has 0 unspecified atom stereocenters. The highest BCUT2D eigenvalue weighted by atomic mass is 19.4. The van der Waals surface area contributed by atoms with E-state index in [1.807, 2.05) is 47.8 Å². The second-order valence-electron chi connectivity index (χ2n) is 6.73. The third kappa shape index (κ3) is 5.57. The van der Waals surface area contributed by atoms with Crippen LogP contribution in [0.1, 0.15) is 21.5 Å². The highest BCUT2D eigenvalue weighted by Crippen LogP contribution is 2.20. The highest BCUT2D eigenvalue weighted by Gasteiger charge is 2.28. The zero-order valence-corrected chi connectivity index (χ0v) is 15.6. The van der Waals surface area contributed by atoms with E-state index in [1.54, 1.807) is 13.0 Å². The van der Waals surface area contributed by atoms with Crippen LogP contribution >= 0.6 is 0 Å². The van der Waals surface area contributed by atoms with E-state index < -0.39 is 18.6 Å². The quantitative estimate of drug-likeness (QED) is 0.657. The standard InChI is InChI=1S/C22H19F3N2O2/c1-14-6-8-18(21(29)26-13-22(23,24)25)12-19(14)27-20(28)11-15-7-9-16-4-2-3-5-17(16)10-15/h2-10,12H,11,13H2,1H3,(H,26,29)(H,27,28). The van der Waals surface area contributed by atoms with Gasteiger partial charge in [0.05, 0.1) is 6.42 Å². The van der Waals surface area contributed by atoms with Crippen molar-refractivity contribution in [2.24, 2.45) is 0 Å². The predicted molar refractivity (Wildman–Crippen MR) is 106 cm³/mol. The fraction of sp³-hybridized carbons (Fsp3) is 0.182. The average Bonchev–Trinajstić information content (AvgIpc) is 2.67. The number of hydrogen-bond acceptors (Lipinski definition) is 2. The van der Waals surface area contributed by atoms with Gasteiger partial charge < -0.3 is 10.6 Å². The van der Waals surface area contributed by atoms with E-state index in [1.165, 1.54) is 12.1 Å². The molecule has 0 aromatic heterocycles. The van der Waals surface area contributed by atoms with E-state index in [4.69, 9.17) is 0 Å². The minimum Gasteiger partial charge on any atom is -0.343 e. The molecule has 150 valence electrons. The van der Waals surface area contributed by atoms with Gasteiger partial charge in [-0.2, -0.15) is 13.2 Å². The van der Waals surface area contributed by atoms with Crippen molar-refractivity contribution in [3.63, 3.8) is 0 Å². The highest BCUT2D eigenvalue weighted by molar-refractivity contribution is 5.98. The minimum atomic E-state index is -4.49. The molecule has 0 bridgehead atoms. The van der Waals surface area contributed by atoms with Crippen LogP contribution in [0.3, 0.4) is 0 Å². The summed E-state index contributed by atoms with van der Waals surface area (Å²) in [6.07, 6.45) is -4.36. The topological polar surface area (TPSA) is 58.2 Å². The molecule has 0 aliphatic carbocycles. The first-order chi connectivity index (χ1) is 13.7. The first-order valence-corrected chi connectivity index (χ1v) is 8.94. The summed E-state index contributed by atoms with van der Waals surface area (Å²) in [5.74, 6) is -1.14. The van der Waals surface area contributed by atoms with E-state index in [0.29, 0.717) is 11.3 Å². The normalized spacial score (nSPS) is 11.3. The number of rotatable bonds is 5. The zero-order chi connectivity index (χ0) is 21.0. The molecule has 0 aliphatic rings. The lowest BCUT2D eigenvalue weighted by atomic mass is 10.0. The van der Waals surface area contributed by atoms with Gasteiger partial charge in [0.1, 0.15) is 6.54 Å². The average molecular weight is 400 g/mol. The molecular weight excluding hydrogens is 381 g/mol. The van der Waals surface area contributed by atoms with Gasteiger partial charge in [0.15, 0.2) is 0 Å². The monoisotopic (exact) mass is 400 g/mol. The van der Waals surface area contributed by atoms with Crippen molar-refractivity contribution in [3.05, 3.63) is 77.4 Å². The molecule has 29 heavy (non-hydrogen) atoms. The zero-order valence-electron chi connectivity index (χ0n) is 15.6. The molecule has 4 nitrogen and oxygen atoms in total. The van der Waals surface area contributed by atoms with Crippen LogP contribution in [-0.2, 0) is 11.2 Å². The van der Waals surface area contributed by atoms with Crippen LogP contribution < -0.4 is 10.6 Å². The summed E-state index contributed by atoms with van der Waals surface area (Å²) in [4.78, 5) is 24.4. The van der Waals surface area contributed by atoms with E-state index in [2.05, 4.69) is 5.32 Å². The van der Waals surface area contributed by atoms with Crippen molar-refractivity contribution >= 4 is 28.3 Å². The molecule has 3 aromatic carbocycles. The van der Waals surface area contributed by atoms with Crippen molar-refractivity contribution in [1.82, 2.24) is 5.32 Å². The molecule has 7 heteroatoms. The lowest BCUT2D eigenvalue weighted by Crippen LogP contribution is -2.33. The van der Waals surface area contributed by atoms with Gasteiger partial charge in [0.25, 0.3) is 5.91 Å². The first kappa shape index (κ1) is 20.4. The van der Waals surface area contributed by atoms with Crippen LogP contribution in [0.2, 0.25) is 0 Å². The van der Waals surface area contributed by atoms with Crippen molar-refractivity contribution in [1.29, 1.82) is 0 Å². The number of amides is 2. The van der Waals surface area contributed by atoms with Crippen molar-refractivity contribution in [2.45, 2.75) is 19.5 Å². The van der Waals surface area contributed by atoms with Crippen molar-refractivity contribution in [2.75, 3.05) is 11.9 Å². The number of halogens is 3. The number of benzene rings is 3. The fourth-order valence-corrected chi connectivity index (χ4v) is 2.91. The van der Waals surface area contributed by atoms with E-state index >= 15 is 0 Å². The molecule has 3 aromatic rings. The third-order valence-corrected chi connectivity index (χ3v) is 4.40. The van der Waals surface area contributed by atoms with E-state index in [-0.39, 0.29) is 17.9 Å². The van der Waals surface area contributed by atoms with E-state index in [9.17, 15) is 22.8 Å². The van der Waals surface area contributed by atoms with Gasteiger partial charge in [-0.3, -0.25) is 9.59 Å². The van der Waals surface area contributed by atoms with Crippen LogP contribution in [0, 0.1) is 6.92 Å². The molecule has 0 fully saturated rings. The van der Waals surface area contributed by atoms with Crippen LogP contribution in [-0.4, -0.2) is 24.5 Å². The maximum atomic E-state index is 12.4.